The molecule has 0 aliphatic rings. The summed E-state index contributed by atoms with van der Waals surface area (Å²) in [6, 6.07) is 38.5. The monoisotopic (exact) mass is 463 g/mol. The van der Waals surface area contributed by atoms with Crippen molar-refractivity contribution in [1.82, 2.24) is 5.32 Å². The molecule has 0 unspecified atom stereocenters. The normalized spacial score (nSPS) is 12.0. The lowest BCUT2D eigenvalue weighted by atomic mass is 9.67. The Morgan fingerprint density at radius 3 is 1.46 bits per heavy atom. The van der Waals surface area contributed by atoms with Crippen molar-refractivity contribution in [3.63, 3.8) is 0 Å². The van der Waals surface area contributed by atoms with Gasteiger partial charge in [0.15, 0.2) is 0 Å². The highest BCUT2D eigenvalue weighted by Gasteiger charge is 2.39. The van der Waals surface area contributed by atoms with Gasteiger partial charge in [-0.25, -0.2) is 4.79 Å². The number of aliphatic carboxylic acids is 1. The summed E-state index contributed by atoms with van der Waals surface area (Å²) in [5.41, 5.74) is 3.20. The Morgan fingerprint density at radius 2 is 1.06 bits per heavy atom. The van der Waals surface area contributed by atoms with Crippen molar-refractivity contribution in [2.45, 2.75) is 30.7 Å². The summed E-state index contributed by atoms with van der Waals surface area (Å²) in [4.78, 5) is 25.5. The third-order valence-electron chi connectivity index (χ3n) is 6.42. The quantitative estimate of drug-likeness (QED) is 0.300. The molecule has 4 rings (SSSR count). The minimum atomic E-state index is -1.03. The zero-order valence-electron chi connectivity index (χ0n) is 19.5. The van der Waals surface area contributed by atoms with E-state index in [0.717, 1.165) is 22.3 Å². The summed E-state index contributed by atoms with van der Waals surface area (Å²) < 4.78 is 0. The summed E-state index contributed by atoms with van der Waals surface area (Å²) in [6.45, 7) is 0. The maximum Gasteiger partial charge on any atom is 0.326 e. The lowest BCUT2D eigenvalue weighted by molar-refractivity contribution is -0.142. The molecule has 0 heterocycles. The second-order valence-corrected chi connectivity index (χ2v) is 8.66. The maximum absolute atomic E-state index is 13.5. The number of aryl methyl sites for hydroxylation is 1. The molecule has 0 spiro atoms. The van der Waals surface area contributed by atoms with Gasteiger partial charge >= 0.3 is 5.97 Å². The number of rotatable bonds is 10. The Bertz CT molecular complexity index is 1130. The SMILES string of the molecule is O=C(CC(c1ccccc1)(c1ccccc1)c1ccccc1)N[C@@H](CCc1ccccc1)C(=O)O. The van der Waals surface area contributed by atoms with Gasteiger partial charge in [-0.3, -0.25) is 4.79 Å². The van der Waals surface area contributed by atoms with Crippen LogP contribution in [0, 0.1) is 0 Å². The number of amides is 1. The van der Waals surface area contributed by atoms with Crippen LogP contribution in [-0.4, -0.2) is 23.0 Å². The Hall–Kier alpha value is -4.18. The molecule has 0 aliphatic carbocycles. The third kappa shape index (κ3) is 5.67. The van der Waals surface area contributed by atoms with Gasteiger partial charge in [-0.1, -0.05) is 121 Å². The molecule has 0 saturated carbocycles. The number of hydrogen-bond acceptors (Lipinski definition) is 2. The molecule has 4 aromatic rings. The first-order valence-electron chi connectivity index (χ1n) is 11.8. The number of hydrogen-bond donors (Lipinski definition) is 2. The Morgan fingerprint density at radius 1 is 0.657 bits per heavy atom. The predicted molar refractivity (Wildman–Crippen MR) is 138 cm³/mol. The van der Waals surface area contributed by atoms with Gasteiger partial charge in [0.05, 0.1) is 5.41 Å². The molecule has 0 saturated heterocycles. The van der Waals surface area contributed by atoms with Gasteiger partial charge in [0.25, 0.3) is 0 Å². The fourth-order valence-electron chi connectivity index (χ4n) is 4.67. The zero-order chi connectivity index (χ0) is 24.5. The minimum Gasteiger partial charge on any atom is -0.480 e. The molecular formula is C31H29NO3. The van der Waals surface area contributed by atoms with Gasteiger partial charge in [0.1, 0.15) is 6.04 Å². The van der Waals surface area contributed by atoms with E-state index in [1.807, 2.05) is 121 Å². The van der Waals surface area contributed by atoms with Gasteiger partial charge in [-0.05, 0) is 35.1 Å². The molecular weight excluding hydrogens is 434 g/mol. The molecule has 1 atom stereocenters. The van der Waals surface area contributed by atoms with Crippen LogP contribution in [0.25, 0.3) is 0 Å². The van der Waals surface area contributed by atoms with E-state index in [2.05, 4.69) is 5.32 Å². The van der Waals surface area contributed by atoms with Gasteiger partial charge in [0, 0.05) is 6.42 Å². The molecule has 35 heavy (non-hydrogen) atoms. The average Bonchev–Trinajstić information content (AvgIpc) is 2.91. The van der Waals surface area contributed by atoms with Crippen molar-refractivity contribution >= 4 is 11.9 Å². The first-order chi connectivity index (χ1) is 17.1. The van der Waals surface area contributed by atoms with Crippen molar-refractivity contribution in [2.24, 2.45) is 0 Å². The minimum absolute atomic E-state index is 0.0835. The summed E-state index contributed by atoms with van der Waals surface area (Å²) in [7, 11) is 0. The zero-order valence-corrected chi connectivity index (χ0v) is 19.5. The van der Waals surface area contributed by atoms with E-state index in [1.165, 1.54) is 0 Å². The van der Waals surface area contributed by atoms with Gasteiger partial charge in [0.2, 0.25) is 5.91 Å². The Labute approximate surface area is 206 Å². The van der Waals surface area contributed by atoms with Crippen LogP contribution in [0.2, 0.25) is 0 Å². The smallest absolute Gasteiger partial charge is 0.326 e. The molecule has 0 radical (unpaired) electrons. The molecule has 0 bridgehead atoms. The Balaban J connectivity index is 1.67. The number of carbonyl (C=O) groups is 2. The fourth-order valence-corrected chi connectivity index (χ4v) is 4.67. The van der Waals surface area contributed by atoms with Crippen LogP contribution in [0.1, 0.15) is 35.1 Å². The van der Waals surface area contributed by atoms with E-state index in [9.17, 15) is 14.7 Å². The first kappa shape index (κ1) is 24.0. The summed E-state index contributed by atoms with van der Waals surface area (Å²) >= 11 is 0. The highest BCUT2D eigenvalue weighted by atomic mass is 16.4. The number of benzene rings is 4. The predicted octanol–water partition coefficient (Wildman–Crippen LogP) is 5.61. The molecule has 4 heteroatoms. The van der Waals surface area contributed by atoms with E-state index in [4.69, 9.17) is 0 Å². The van der Waals surface area contributed by atoms with Crippen LogP contribution >= 0.6 is 0 Å². The lowest BCUT2D eigenvalue weighted by Gasteiger charge is -2.36. The van der Waals surface area contributed by atoms with Crippen molar-refractivity contribution < 1.29 is 14.7 Å². The lowest BCUT2D eigenvalue weighted by Crippen LogP contribution is -2.44. The maximum atomic E-state index is 13.5. The standard InChI is InChI=1S/C31H29NO3/c33-29(32-28(30(34)35)22-21-24-13-5-1-6-14-24)23-31(25-15-7-2-8-16-25,26-17-9-3-10-18-26)27-19-11-4-12-20-27/h1-20,28H,21-23H2,(H,32,33)(H,34,35)/t28-/m0/s1. The fraction of sp³-hybridized carbons (Fsp3) is 0.161. The summed E-state index contributed by atoms with van der Waals surface area (Å²) in [5, 5.41) is 12.6. The third-order valence-corrected chi connectivity index (χ3v) is 6.42. The van der Waals surface area contributed by atoms with Crippen LogP contribution in [0.5, 0.6) is 0 Å². The van der Waals surface area contributed by atoms with E-state index >= 15 is 0 Å². The second kappa shape index (κ2) is 11.3. The van der Waals surface area contributed by atoms with Crippen LogP contribution in [-0.2, 0) is 21.4 Å². The largest absolute Gasteiger partial charge is 0.480 e. The van der Waals surface area contributed by atoms with Crippen molar-refractivity contribution in [2.75, 3.05) is 0 Å². The van der Waals surface area contributed by atoms with Crippen molar-refractivity contribution in [3.8, 4) is 0 Å². The van der Waals surface area contributed by atoms with Gasteiger partial charge < -0.3 is 10.4 Å². The highest BCUT2D eigenvalue weighted by molar-refractivity contribution is 5.85. The number of carboxylic acid groups (broad SMARTS) is 1. The van der Waals surface area contributed by atoms with Crippen LogP contribution in [0.4, 0.5) is 0 Å². The summed E-state index contributed by atoms with van der Waals surface area (Å²) in [6.07, 6.45) is 0.972. The van der Waals surface area contributed by atoms with Gasteiger partial charge in [-0.15, -0.1) is 0 Å². The molecule has 2 N–H and O–H groups in total. The topological polar surface area (TPSA) is 66.4 Å². The molecule has 4 nitrogen and oxygen atoms in total. The van der Waals surface area contributed by atoms with E-state index in [0.29, 0.717) is 12.8 Å². The van der Waals surface area contributed by atoms with Crippen LogP contribution in [0.15, 0.2) is 121 Å². The molecule has 176 valence electrons. The highest BCUT2D eigenvalue weighted by Crippen LogP contribution is 2.42. The van der Waals surface area contributed by atoms with E-state index < -0.39 is 17.4 Å². The van der Waals surface area contributed by atoms with Crippen LogP contribution < -0.4 is 5.32 Å². The van der Waals surface area contributed by atoms with E-state index in [1.54, 1.807) is 0 Å². The van der Waals surface area contributed by atoms with Gasteiger partial charge in [-0.2, -0.15) is 0 Å². The number of carbonyl (C=O) groups excluding carboxylic acids is 1. The average molecular weight is 464 g/mol. The molecule has 0 aromatic heterocycles. The van der Waals surface area contributed by atoms with Crippen molar-refractivity contribution in [1.29, 1.82) is 0 Å². The van der Waals surface area contributed by atoms with Crippen molar-refractivity contribution in [3.05, 3.63) is 144 Å². The molecule has 0 aliphatic heterocycles. The molecule has 4 aromatic carbocycles. The van der Waals surface area contributed by atoms with Crippen LogP contribution in [0.3, 0.4) is 0 Å². The summed E-state index contributed by atoms with van der Waals surface area (Å²) in [5.74, 6) is -1.33. The first-order valence-corrected chi connectivity index (χ1v) is 11.8. The number of nitrogens with one attached hydrogen (secondary N) is 1. The second-order valence-electron chi connectivity index (χ2n) is 8.66. The number of carboxylic acids is 1. The Kier molecular flexibility index (Phi) is 7.74. The van der Waals surface area contributed by atoms with E-state index in [-0.39, 0.29) is 12.3 Å². The molecule has 1 amide bonds. The molecule has 0 fully saturated rings.